The molecule has 0 bridgehead atoms. The van der Waals surface area contributed by atoms with Gasteiger partial charge < -0.3 is 10.2 Å². The summed E-state index contributed by atoms with van der Waals surface area (Å²) in [5.74, 6) is 0. The van der Waals surface area contributed by atoms with Gasteiger partial charge in [0.15, 0.2) is 0 Å². The standard InChI is InChI=1S/C15H26N4/c1-2-8-18-10-12-19(13-11-18)9-7-16-14-15-5-3-4-6-17-15/h3-6,16H,2,7-14H2,1H3. The summed E-state index contributed by atoms with van der Waals surface area (Å²) < 4.78 is 0. The lowest BCUT2D eigenvalue weighted by Gasteiger charge is -2.34. The number of nitrogens with one attached hydrogen (secondary N) is 1. The van der Waals surface area contributed by atoms with E-state index in [1.807, 2.05) is 18.3 Å². The molecule has 4 nitrogen and oxygen atoms in total. The van der Waals surface area contributed by atoms with Crippen LogP contribution < -0.4 is 5.32 Å². The summed E-state index contributed by atoms with van der Waals surface area (Å²) in [6.07, 6.45) is 3.12. The van der Waals surface area contributed by atoms with Crippen LogP contribution in [0.15, 0.2) is 24.4 Å². The summed E-state index contributed by atoms with van der Waals surface area (Å²) in [7, 11) is 0. The Morgan fingerprint density at radius 3 is 2.47 bits per heavy atom. The maximum atomic E-state index is 4.31. The Morgan fingerprint density at radius 1 is 1.11 bits per heavy atom. The van der Waals surface area contributed by atoms with Crippen LogP contribution >= 0.6 is 0 Å². The van der Waals surface area contributed by atoms with Gasteiger partial charge in [-0.05, 0) is 25.1 Å². The van der Waals surface area contributed by atoms with E-state index in [0.717, 1.165) is 25.3 Å². The highest BCUT2D eigenvalue weighted by Gasteiger charge is 2.14. The number of rotatable bonds is 7. The molecule has 0 atom stereocenters. The molecule has 106 valence electrons. The van der Waals surface area contributed by atoms with Gasteiger partial charge in [-0.1, -0.05) is 13.0 Å². The molecule has 0 radical (unpaired) electrons. The predicted octanol–water partition coefficient (Wildman–Crippen LogP) is 1.20. The number of piperazine rings is 1. The van der Waals surface area contributed by atoms with Gasteiger partial charge in [-0.3, -0.25) is 9.88 Å². The van der Waals surface area contributed by atoms with Gasteiger partial charge in [-0.2, -0.15) is 0 Å². The van der Waals surface area contributed by atoms with Crippen LogP contribution in [0.4, 0.5) is 0 Å². The molecule has 0 saturated carbocycles. The van der Waals surface area contributed by atoms with E-state index in [2.05, 4.69) is 33.1 Å². The molecule has 0 unspecified atom stereocenters. The quantitative estimate of drug-likeness (QED) is 0.748. The molecule has 0 aromatic carbocycles. The number of pyridine rings is 1. The molecular weight excluding hydrogens is 236 g/mol. The zero-order chi connectivity index (χ0) is 13.3. The molecule has 1 aromatic heterocycles. The average Bonchev–Trinajstić information content (AvgIpc) is 2.47. The van der Waals surface area contributed by atoms with E-state index < -0.39 is 0 Å². The smallest absolute Gasteiger partial charge is 0.0541 e. The molecule has 1 fully saturated rings. The summed E-state index contributed by atoms with van der Waals surface area (Å²) in [6.45, 7) is 11.5. The molecule has 1 aromatic rings. The van der Waals surface area contributed by atoms with Crippen LogP contribution in [0.2, 0.25) is 0 Å². The molecule has 1 N–H and O–H groups in total. The fourth-order valence-corrected chi connectivity index (χ4v) is 2.51. The second kappa shape index (κ2) is 8.25. The van der Waals surface area contributed by atoms with Crippen molar-refractivity contribution >= 4 is 0 Å². The zero-order valence-electron chi connectivity index (χ0n) is 12.0. The first-order valence-corrected chi connectivity index (χ1v) is 7.44. The molecule has 1 saturated heterocycles. The Kier molecular flexibility index (Phi) is 6.27. The number of nitrogens with zero attached hydrogens (tertiary/aromatic N) is 3. The minimum absolute atomic E-state index is 0.872. The first-order chi connectivity index (χ1) is 9.38. The number of aromatic nitrogens is 1. The van der Waals surface area contributed by atoms with Crippen LogP contribution in [-0.4, -0.2) is 60.6 Å². The minimum Gasteiger partial charge on any atom is -0.310 e. The van der Waals surface area contributed by atoms with Gasteiger partial charge in [0.05, 0.1) is 5.69 Å². The fraction of sp³-hybridized carbons (Fsp3) is 0.667. The van der Waals surface area contributed by atoms with Gasteiger partial charge >= 0.3 is 0 Å². The maximum absolute atomic E-state index is 4.31. The van der Waals surface area contributed by atoms with Crippen molar-refractivity contribution in [2.24, 2.45) is 0 Å². The van der Waals surface area contributed by atoms with Crippen LogP contribution in [0.25, 0.3) is 0 Å². The number of hydrogen-bond donors (Lipinski definition) is 1. The van der Waals surface area contributed by atoms with Crippen LogP contribution in [0, 0.1) is 0 Å². The van der Waals surface area contributed by atoms with Crippen molar-refractivity contribution in [1.29, 1.82) is 0 Å². The Labute approximate surface area is 116 Å². The fourth-order valence-electron chi connectivity index (χ4n) is 2.51. The highest BCUT2D eigenvalue weighted by molar-refractivity contribution is 5.02. The zero-order valence-corrected chi connectivity index (χ0v) is 12.0. The molecule has 1 aliphatic rings. The molecule has 0 amide bonds. The summed E-state index contributed by atoms with van der Waals surface area (Å²) in [5.41, 5.74) is 1.12. The first kappa shape index (κ1) is 14.4. The van der Waals surface area contributed by atoms with Crippen LogP contribution in [0.5, 0.6) is 0 Å². The van der Waals surface area contributed by atoms with E-state index in [1.165, 1.54) is 39.1 Å². The summed E-state index contributed by atoms with van der Waals surface area (Å²) in [4.78, 5) is 9.43. The van der Waals surface area contributed by atoms with Crippen LogP contribution in [-0.2, 0) is 6.54 Å². The molecule has 19 heavy (non-hydrogen) atoms. The molecule has 4 heteroatoms. The average molecular weight is 262 g/mol. The lowest BCUT2D eigenvalue weighted by Crippen LogP contribution is -2.48. The van der Waals surface area contributed by atoms with E-state index in [4.69, 9.17) is 0 Å². The second-order valence-electron chi connectivity index (χ2n) is 5.18. The largest absolute Gasteiger partial charge is 0.310 e. The Hall–Kier alpha value is -0.970. The van der Waals surface area contributed by atoms with Crippen molar-refractivity contribution in [3.05, 3.63) is 30.1 Å². The van der Waals surface area contributed by atoms with E-state index in [0.29, 0.717) is 0 Å². The maximum Gasteiger partial charge on any atom is 0.0541 e. The normalized spacial score (nSPS) is 17.7. The van der Waals surface area contributed by atoms with E-state index in [1.54, 1.807) is 0 Å². The van der Waals surface area contributed by atoms with Gasteiger partial charge in [0.2, 0.25) is 0 Å². The Bertz CT molecular complexity index is 333. The monoisotopic (exact) mass is 262 g/mol. The van der Waals surface area contributed by atoms with Gasteiger partial charge in [-0.25, -0.2) is 0 Å². The van der Waals surface area contributed by atoms with Crippen molar-refractivity contribution < 1.29 is 0 Å². The summed E-state index contributed by atoms with van der Waals surface area (Å²) in [5, 5.41) is 3.47. The van der Waals surface area contributed by atoms with Crippen molar-refractivity contribution in [2.45, 2.75) is 19.9 Å². The topological polar surface area (TPSA) is 31.4 Å². The lowest BCUT2D eigenvalue weighted by molar-refractivity contribution is 0.133. The Balaban J connectivity index is 1.55. The molecule has 2 heterocycles. The second-order valence-corrected chi connectivity index (χ2v) is 5.18. The lowest BCUT2D eigenvalue weighted by atomic mass is 10.3. The first-order valence-electron chi connectivity index (χ1n) is 7.44. The van der Waals surface area contributed by atoms with E-state index >= 15 is 0 Å². The third-order valence-electron chi connectivity index (χ3n) is 3.64. The van der Waals surface area contributed by atoms with Crippen molar-refractivity contribution in [2.75, 3.05) is 45.8 Å². The van der Waals surface area contributed by atoms with Crippen molar-refractivity contribution in [1.82, 2.24) is 20.1 Å². The van der Waals surface area contributed by atoms with Crippen LogP contribution in [0.3, 0.4) is 0 Å². The van der Waals surface area contributed by atoms with E-state index in [9.17, 15) is 0 Å². The molecule has 2 rings (SSSR count). The highest BCUT2D eigenvalue weighted by Crippen LogP contribution is 2.01. The third kappa shape index (κ3) is 5.27. The van der Waals surface area contributed by atoms with Gasteiger partial charge in [0.25, 0.3) is 0 Å². The van der Waals surface area contributed by atoms with Gasteiger partial charge in [0, 0.05) is 52.0 Å². The minimum atomic E-state index is 0.872. The summed E-state index contributed by atoms with van der Waals surface area (Å²) >= 11 is 0. The molecule has 0 aliphatic carbocycles. The highest BCUT2D eigenvalue weighted by atomic mass is 15.3. The predicted molar refractivity (Wildman–Crippen MR) is 79.1 cm³/mol. The molecule has 1 aliphatic heterocycles. The summed E-state index contributed by atoms with van der Waals surface area (Å²) in [6, 6.07) is 6.06. The molecular formula is C15H26N4. The van der Waals surface area contributed by atoms with Gasteiger partial charge in [0.1, 0.15) is 0 Å². The van der Waals surface area contributed by atoms with Crippen LogP contribution in [0.1, 0.15) is 19.0 Å². The third-order valence-corrected chi connectivity index (χ3v) is 3.64. The Morgan fingerprint density at radius 2 is 1.84 bits per heavy atom. The number of hydrogen-bond acceptors (Lipinski definition) is 4. The van der Waals surface area contributed by atoms with E-state index in [-0.39, 0.29) is 0 Å². The van der Waals surface area contributed by atoms with Crippen molar-refractivity contribution in [3.8, 4) is 0 Å². The SMILES string of the molecule is CCCN1CCN(CCNCc2ccccn2)CC1. The molecule has 0 spiro atoms. The van der Waals surface area contributed by atoms with Crippen molar-refractivity contribution in [3.63, 3.8) is 0 Å². The van der Waals surface area contributed by atoms with Gasteiger partial charge in [-0.15, -0.1) is 0 Å².